The van der Waals surface area contributed by atoms with Crippen molar-refractivity contribution in [1.29, 1.82) is 0 Å². The zero-order valence-electron chi connectivity index (χ0n) is 11.6. The molecule has 1 aromatic rings. The summed E-state index contributed by atoms with van der Waals surface area (Å²) < 4.78 is 23.4. The van der Waals surface area contributed by atoms with E-state index in [0.29, 0.717) is 12.2 Å². The number of anilines is 1. The van der Waals surface area contributed by atoms with Gasteiger partial charge >= 0.3 is 0 Å². The molecule has 0 radical (unpaired) electrons. The Kier molecular flexibility index (Phi) is 4.77. The number of hydrogen-bond donors (Lipinski definition) is 2. The van der Waals surface area contributed by atoms with Crippen molar-refractivity contribution in [1.82, 2.24) is 5.32 Å². The summed E-state index contributed by atoms with van der Waals surface area (Å²) in [4.78, 5) is 12.3. The Bertz CT molecular complexity index is 561. The summed E-state index contributed by atoms with van der Waals surface area (Å²) >= 11 is 0. The molecule has 110 valence electrons. The first-order valence-corrected chi connectivity index (χ1v) is 8.52. The summed E-state index contributed by atoms with van der Waals surface area (Å²) in [5.41, 5.74) is 0.635. The van der Waals surface area contributed by atoms with E-state index in [1.165, 1.54) is 12.1 Å². The highest BCUT2D eigenvalue weighted by Crippen LogP contribution is 2.17. The molecule has 0 saturated carbocycles. The van der Waals surface area contributed by atoms with Crippen LogP contribution < -0.4 is 10.6 Å². The molecule has 2 rings (SSSR count). The van der Waals surface area contributed by atoms with Crippen LogP contribution in [-0.2, 0) is 14.6 Å². The quantitative estimate of drug-likeness (QED) is 0.881. The number of nitrogens with one attached hydrogen (secondary N) is 2. The molecule has 0 bridgehead atoms. The second-order valence-corrected chi connectivity index (χ2v) is 7.24. The molecule has 1 saturated heterocycles. The van der Waals surface area contributed by atoms with Crippen LogP contribution in [-0.4, -0.2) is 33.2 Å². The van der Waals surface area contributed by atoms with Gasteiger partial charge in [-0.2, -0.15) is 0 Å². The first kappa shape index (κ1) is 15.0. The van der Waals surface area contributed by atoms with Gasteiger partial charge in [0.1, 0.15) is 0 Å². The Morgan fingerprint density at radius 2 is 2.05 bits per heavy atom. The highest BCUT2D eigenvalue weighted by atomic mass is 32.2. The Balaban J connectivity index is 2.02. The van der Waals surface area contributed by atoms with Crippen LogP contribution in [0.4, 0.5) is 5.69 Å². The van der Waals surface area contributed by atoms with Crippen LogP contribution in [0.2, 0.25) is 0 Å². The van der Waals surface area contributed by atoms with Crippen molar-refractivity contribution in [2.75, 3.05) is 24.2 Å². The predicted molar refractivity (Wildman–Crippen MR) is 78.4 cm³/mol. The van der Waals surface area contributed by atoms with Gasteiger partial charge in [0.05, 0.1) is 16.6 Å². The molecular formula is C14H20N2O3S. The minimum atomic E-state index is -3.19. The Morgan fingerprint density at radius 3 is 2.60 bits per heavy atom. The Morgan fingerprint density at radius 1 is 1.35 bits per heavy atom. The first-order chi connectivity index (χ1) is 9.53. The molecule has 6 heteroatoms. The molecule has 1 atom stereocenters. The number of sulfone groups is 1. The van der Waals surface area contributed by atoms with E-state index in [-0.39, 0.29) is 22.5 Å². The van der Waals surface area contributed by atoms with E-state index in [2.05, 4.69) is 10.6 Å². The van der Waals surface area contributed by atoms with Gasteiger partial charge in [-0.15, -0.1) is 0 Å². The van der Waals surface area contributed by atoms with Crippen LogP contribution in [0.5, 0.6) is 0 Å². The molecule has 0 spiro atoms. The highest BCUT2D eigenvalue weighted by Gasteiger charge is 2.21. The van der Waals surface area contributed by atoms with Gasteiger partial charge in [-0.05, 0) is 43.7 Å². The molecule has 5 nitrogen and oxygen atoms in total. The third-order valence-electron chi connectivity index (χ3n) is 3.53. The average Bonchev–Trinajstić information content (AvgIpc) is 2.48. The number of hydrogen-bond acceptors (Lipinski definition) is 4. The third kappa shape index (κ3) is 3.58. The second kappa shape index (κ2) is 6.37. The van der Waals surface area contributed by atoms with Gasteiger partial charge in [-0.1, -0.05) is 6.92 Å². The molecule has 1 aliphatic rings. The van der Waals surface area contributed by atoms with Gasteiger partial charge in [0, 0.05) is 12.2 Å². The van der Waals surface area contributed by atoms with E-state index in [1.807, 2.05) is 0 Å². The largest absolute Gasteiger partial charge is 0.326 e. The molecular weight excluding hydrogens is 276 g/mol. The van der Waals surface area contributed by atoms with Crippen LogP contribution in [0.15, 0.2) is 29.2 Å². The fourth-order valence-electron chi connectivity index (χ4n) is 2.23. The average molecular weight is 296 g/mol. The second-order valence-electron chi connectivity index (χ2n) is 4.96. The lowest BCUT2D eigenvalue weighted by atomic mass is 9.99. The van der Waals surface area contributed by atoms with E-state index in [1.54, 1.807) is 19.1 Å². The number of carbonyl (C=O) groups excluding carboxylic acids is 1. The van der Waals surface area contributed by atoms with Crippen molar-refractivity contribution in [2.24, 2.45) is 5.92 Å². The summed E-state index contributed by atoms with van der Waals surface area (Å²) in [6.07, 6.45) is 1.90. The molecule has 0 aliphatic carbocycles. The molecule has 0 unspecified atom stereocenters. The van der Waals surface area contributed by atoms with E-state index in [0.717, 1.165) is 19.4 Å². The number of rotatable bonds is 4. The fraction of sp³-hybridized carbons (Fsp3) is 0.500. The fourth-order valence-corrected chi connectivity index (χ4v) is 3.12. The van der Waals surface area contributed by atoms with Crippen molar-refractivity contribution in [3.8, 4) is 0 Å². The van der Waals surface area contributed by atoms with Crippen LogP contribution in [0.1, 0.15) is 19.8 Å². The van der Waals surface area contributed by atoms with Crippen LogP contribution in [0.25, 0.3) is 0 Å². The van der Waals surface area contributed by atoms with Crippen molar-refractivity contribution in [3.05, 3.63) is 24.3 Å². The van der Waals surface area contributed by atoms with E-state index >= 15 is 0 Å². The smallest absolute Gasteiger partial charge is 0.228 e. The highest BCUT2D eigenvalue weighted by molar-refractivity contribution is 7.91. The van der Waals surface area contributed by atoms with Crippen molar-refractivity contribution in [3.63, 3.8) is 0 Å². The molecule has 2 N–H and O–H groups in total. The third-order valence-corrected chi connectivity index (χ3v) is 5.28. The molecule has 1 aromatic carbocycles. The van der Waals surface area contributed by atoms with Crippen LogP contribution >= 0.6 is 0 Å². The zero-order chi connectivity index (χ0) is 14.6. The lowest BCUT2D eigenvalue weighted by Crippen LogP contribution is -2.37. The standard InChI is InChI=1S/C14H20N2O3S/c1-2-20(18,19)13-7-5-12(6-8-13)16-14(17)11-4-3-9-15-10-11/h5-8,11,15H,2-4,9-10H2,1H3,(H,16,17)/t11-/m1/s1. The Labute approximate surface area is 119 Å². The maximum absolute atomic E-state index is 12.0. The lowest BCUT2D eigenvalue weighted by Gasteiger charge is -2.21. The number of carbonyl (C=O) groups is 1. The van der Waals surface area contributed by atoms with E-state index in [4.69, 9.17) is 0 Å². The SMILES string of the molecule is CCS(=O)(=O)c1ccc(NC(=O)[C@@H]2CCCNC2)cc1. The van der Waals surface area contributed by atoms with Gasteiger partial charge in [0.25, 0.3) is 0 Å². The molecule has 0 aromatic heterocycles. The molecule has 20 heavy (non-hydrogen) atoms. The Hall–Kier alpha value is -1.40. The van der Waals surface area contributed by atoms with Gasteiger partial charge in [0.15, 0.2) is 9.84 Å². The lowest BCUT2D eigenvalue weighted by molar-refractivity contribution is -0.120. The summed E-state index contributed by atoms with van der Waals surface area (Å²) in [5, 5.41) is 6.03. The molecule has 1 aliphatic heterocycles. The molecule has 1 heterocycles. The normalized spacial score (nSPS) is 19.6. The summed E-state index contributed by atoms with van der Waals surface area (Å²) in [7, 11) is -3.19. The monoisotopic (exact) mass is 296 g/mol. The maximum atomic E-state index is 12.0. The van der Waals surface area contributed by atoms with Gasteiger partial charge in [-0.3, -0.25) is 4.79 Å². The van der Waals surface area contributed by atoms with Gasteiger partial charge in [-0.25, -0.2) is 8.42 Å². The van der Waals surface area contributed by atoms with Gasteiger partial charge in [0.2, 0.25) is 5.91 Å². The van der Waals surface area contributed by atoms with Crippen molar-refractivity contribution in [2.45, 2.75) is 24.7 Å². The molecule has 1 fully saturated rings. The maximum Gasteiger partial charge on any atom is 0.228 e. The zero-order valence-corrected chi connectivity index (χ0v) is 12.4. The summed E-state index contributed by atoms with van der Waals surface area (Å²) in [6, 6.07) is 6.34. The summed E-state index contributed by atoms with van der Waals surface area (Å²) in [5.74, 6) is 0.0537. The van der Waals surface area contributed by atoms with Crippen molar-refractivity contribution < 1.29 is 13.2 Å². The van der Waals surface area contributed by atoms with Crippen LogP contribution in [0, 0.1) is 5.92 Å². The molecule has 1 amide bonds. The first-order valence-electron chi connectivity index (χ1n) is 6.87. The minimum absolute atomic E-state index is 0.0108. The number of piperidine rings is 1. The van der Waals surface area contributed by atoms with Gasteiger partial charge < -0.3 is 10.6 Å². The summed E-state index contributed by atoms with van der Waals surface area (Å²) in [6.45, 7) is 3.28. The van der Waals surface area contributed by atoms with E-state index in [9.17, 15) is 13.2 Å². The number of benzene rings is 1. The van der Waals surface area contributed by atoms with Crippen LogP contribution in [0.3, 0.4) is 0 Å². The van der Waals surface area contributed by atoms with E-state index < -0.39 is 9.84 Å². The topological polar surface area (TPSA) is 75.3 Å². The predicted octanol–water partition coefficient (Wildman–Crippen LogP) is 1.42. The number of amides is 1. The van der Waals surface area contributed by atoms with Crippen molar-refractivity contribution >= 4 is 21.4 Å². The minimum Gasteiger partial charge on any atom is -0.326 e.